The number of hydrogen-bond acceptors (Lipinski definition) is 11. The van der Waals surface area contributed by atoms with Crippen LogP contribution in [0.25, 0.3) is 10.9 Å². The Kier molecular flexibility index (Phi) is 12.2. The molecule has 1 aromatic heterocycles. The number of pyridine rings is 1. The second kappa shape index (κ2) is 16.8. The first kappa shape index (κ1) is 43.6. The molecule has 16 heteroatoms. The maximum absolute atomic E-state index is 14.9. The monoisotopic (exact) mass is 851 g/mol. The fourth-order valence-corrected chi connectivity index (χ4v) is 9.93. The Bertz CT molecular complexity index is 2150. The molecular weight excluding hydrogens is 791 g/mol. The first-order valence-electron chi connectivity index (χ1n) is 21.4. The van der Waals surface area contributed by atoms with E-state index in [0.717, 1.165) is 35.7 Å². The zero-order valence-electron chi connectivity index (χ0n) is 35.8. The van der Waals surface area contributed by atoms with Crippen molar-refractivity contribution in [2.24, 2.45) is 11.3 Å². The summed E-state index contributed by atoms with van der Waals surface area (Å²) in [5.74, 6) is -0.986. The number of benzene rings is 1. The number of rotatable bonds is 10. The minimum Gasteiger partial charge on any atom is -0.493 e. The Balaban J connectivity index is 1.21. The first-order valence-corrected chi connectivity index (χ1v) is 22.9. The molecule has 1 spiro atoms. The number of ether oxygens (including phenoxy) is 4. The quantitative estimate of drug-likeness (QED) is 0.212. The summed E-state index contributed by atoms with van der Waals surface area (Å²) in [4.78, 5) is 63.2. The number of carbonyl (C=O) groups excluding carboxylic acids is 4. The topological polar surface area (TPSA) is 192 Å². The minimum atomic E-state index is -4.00. The Morgan fingerprint density at radius 3 is 2.60 bits per heavy atom. The second-order valence-corrected chi connectivity index (χ2v) is 21.1. The molecule has 2 saturated carbocycles. The molecule has 4 amide bonds. The summed E-state index contributed by atoms with van der Waals surface area (Å²) in [5.41, 5.74) is -0.408. The van der Waals surface area contributed by atoms with E-state index in [0.29, 0.717) is 75.4 Å². The number of hydrogen-bond donors (Lipinski definition) is 3. The Labute approximate surface area is 353 Å². The third-order valence-corrected chi connectivity index (χ3v) is 14.8. The smallest absolute Gasteiger partial charge is 0.407 e. The minimum absolute atomic E-state index is 0.0357. The van der Waals surface area contributed by atoms with E-state index >= 15 is 0 Å². The largest absolute Gasteiger partial charge is 0.493 e. The molecule has 1 saturated heterocycles. The van der Waals surface area contributed by atoms with Crippen molar-refractivity contribution in [2.45, 2.75) is 140 Å². The molecule has 3 N–H and O–H groups in total. The van der Waals surface area contributed by atoms with Crippen LogP contribution in [0.5, 0.6) is 11.5 Å². The van der Waals surface area contributed by atoms with Gasteiger partial charge in [-0.25, -0.2) is 18.2 Å². The van der Waals surface area contributed by atoms with Gasteiger partial charge in [-0.15, -0.1) is 0 Å². The summed E-state index contributed by atoms with van der Waals surface area (Å²) in [6, 6.07) is 3.69. The van der Waals surface area contributed by atoms with Gasteiger partial charge < -0.3 is 34.5 Å². The number of amides is 4. The number of fused-ring (bicyclic) bond motifs is 5. The van der Waals surface area contributed by atoms with Gasteiger partial charge in [0.25, 0.3) is 5.91 Å². The van der Waals surface area contributed by atoms with Crippen LogP contribution < -0.4 is 24.8 Å². The molecule has 0 radical (unpaired) electrons. The van der Waals surface area contributed by atoms with Crippen LogP contribution >= 0.6 is 0 Å². The third kappa shape index (κ3) is 9.24. The molecule has 5 aliphatic rings. The SMILES string of the molecule is COCCCOc1ccc2nc(C)c3c(c2c1)CC[C@]1(C[C@H]2C(=O)N[C@]4(C(=O)NS(=O)(=O)C5(C)CC5)C[C@H]4/C=C\CCCCC[C@H](NC(=O)OCC(C)(C)C)C(=O)N2C1)O3. The predicted molar refractivity (Wildman–Crippen MR) is 224 cm³/mol. The van der Waals surface area contributed by atoms with Crippen LogP contribution in [0.1, 0.15) is 110 Å². The van der Waals surface area contributed by atoms with Crippen molar-refractivity contribution in [1.82, 2.24) is 25.2 Å². The fraction of sp³-hybridized carbons (Fsp3) is 0.659. The summed E-state index contributed by atoms with van der Waals surface area (Å²) < 4.78 is 51.5. The number of nitrogens with one attached hydrogen (secondary N) is 3. The maximum atomic E-state index is 14.9. The number of allylic oxidation sites excluding steroid dienone is 1. The van der Waals surface area contributed by atoms with E-state index in [1.165, 1.54) is 4.90 Å². The highest BCUT2D eigenvalue weighted by molar-refractivity contribution is 7.91. The van der Waals surface area contributed by atoms with Gasteiger partial charge in [-0.05, 0) is 88.8 Å². The Hall–Kier alpha value is -4.44. The van der Waals surface area contributed by atoms with E-state index < -0.39 is 67.7 Å². The zero-order valence-corrected chi connectivity index (χ0v) is 36.6. The van der Waals surface area contributed by atoms with Gasteiger partial charge in [0.1, 0.15) is 34.7 Å². The van der Waals surface area contributed by atoms with E-state index in [-0.39, 0.29) is 31.4 Å². The van der Waals surface area contributed by atoms with Crippen molar-refractivity contribution in [1.29, 1.82) is 0 Å². The van der Waals surface area contributed by atoms with E-state index in [4.69, 9.17) is 23.9 Å². The molecule has 2 aliphatic carbocycles. The summed E-state index contributed by atoms with van der Waals surface area (Å²) in [6.45, 7) is 10.6. The van der Waals surface area contributed by atoms with Crippen LogP contribution in [0.15, 0.2) is 30.4 Å². The second-order valence-electron chi connectivity index (χ2n) is 18.9. The van der Waals surface area contributed by atoms with Gasteiger partial charge in [-0.1, -0.05) is 45.8 Å². The van der Waals surface area contributed by atoms with Crippen LogP contribution in [-0.2, 0) is 40.3 Å². The maximum Gasteiger partial charge on any atom is 0.407 e. The summed E-state index contributed by atoms with van der Waals surface area (Å²) >= 11 is 0. The van der Waals surface area contributed by atoms with Crippen LogP contribution in [0, 0.1) is 18.3 Å². The van der Waals surface area contributed by atoms with E-state index in [2.05, 4.69) is 15.4 Å². The molecule has 328 valence electrons. The lowest BCUT2D eigenvalue weighted by atomic mass is 9.87. The number of alkyl carbamates (subject to hydrolysis) is 1. The molecule has 2 aromatic rings. The number of nitrogens with zero attached hydrogens (tertiary/aromatic N) is 2. The molecule has 15 nitrogen and oxygen atoms in total. The highest BCUT2D eigenvalue weighted by Gasteiger charge is 2.64. The molecular formula is C44H61N5O10S. The summed E-state index contributed by atoms with van der Waals surface area (Å²) in [6.07, 6.45) is 9.30. The first-order chi connectivity index (χ1) is 28.4. The van der Waals surface area contributed by atoms with Crippen molar-refractivity contribution in [3.05, 3.63) is 41.6 Å². The number of carbonyl (C=O) groups is 4. The fourth-order valence-electron chi connectivity index (χ4n) is 8.62. The van der Waals surface area contributed by atoms with Crippen LogP contribution in [-0.4, -0.2) is 104 Å². The van der Waals surface area contributed by atoms with Crippen molar-refractivity contribution in [2.75, 3.05) is 33.5 Å². The van der Waals surface area contributed by atoms with Crippen LogP contribution in [0.3, 0.4) is 0 Å². The summed E-state index contributed by atoms with van der Waals surface area (Å²) in [5, 5.41) is 6.67. The Morgan fingerprint density at radius 2 is 1.87 bits per heavy atom. The molecule has 5 atom stereocenters. The molecule has 4 heterocycles. The predicted octanol–water partition coefficient (Wildman–Crippen LogP) is 5.16. The van der Waals surface area contributed by atoms with Gasteiger partial charge in [0.2, 0.25) is 21.8 Å². The van der Waals surface area contributed by atoms with E-state index in [9.17, 15) is 27.6 Å². The van der Waals surface area contributed by atoms with Crippen molar-refractivity contribution < 1.29 is 46.5 Å². The van der Waals surface area contributed by atoms with Gasteiger partial charge in [-0.2, -0.15) is 0 Å². The normalized spacial score (nSPS) is 28.2. The molecule has 3 aliphatic heterocycles. The number of aromatic nitrogens is 1. The zero-order chi connectivity index (χ0) is 43.1. The molecule has 60 heavy (non-hydrogen) atoms. The van der Waals surface area contributed by atoms with Crippen LogP contribution in [0.2, 0.25) is 0 Å². The van der Waals surface area contributed by atoms with Gasteiger partial charge in [0, 0.05) is 43.4 Å². The highest BCUT2D eigenvalue weighted by atomic mass is 32.2. The molecule has 7 rings (SSSR count). The van der Waals surface area contributed by atoms with Crippen molar-refractivity contribution in [3.63, 3.8) is 0 Å². The van der Waals surface area contributed by atoms with Crippen LogP contribution in [0.4, 0.5) is 4.79 Å². The standard InChI is InChI=1S/C44H61N5O10S/c1-28-36-31(32-23-30(15-16-33(32)45-28)57-22-12-21-56-6)17-18-43(59-36)25-35-37(50)47-44(39(52)48-60(54,55)42(5)19-20-42)24-29(44)13-10-8-7-9-11-14-34(38(51)49(35)26-43)46-40(53)58-27-41(2,3)4/h10,13,15-16,23,29,34-35H,7-9,11-12,14,17-22,24-27H2,1-6H3,(H,46,53)(H,47,50)(H,48,52)/b13-10-/t29-,34+,35+,43-,44-/m1/s1. The lowest BCUT2D eigenvalue weighted by molar-refractivity contribution is -0.141. The highest BCUT2D eigenvalue weighted by Crippen LogP contribution is 2.49. The van der Waals surface area contributed by atoms with Gasteiger partial charge >= 0.3 is 6.09 Å². The number of sulfonamides is 1. The van der Waals surface area contributed by atoms with E-state index in [1.807, 2.05) is 58.0 Å². The van der Waals surface area contributed by atoms with E-state index in [1.54, 1.807) is 14.0 Å². The van der Waals surface area contributed by atoms with Gasteiger partial charge in [0.05, 0.1) is 35.7 Å². The molecule has 1 aromatic carbocycles. The molecule has 0 unspecified atom stereocenters. The summed E-state index contributed by atoms with van der Waals surface area (Å²) in [7, 11) is -2.35. The Morgan fingerprint density at radius 1 is 1.08 bits per heavy atom. The molecule has 3 fully saturated rings. The number of methoxy groups -OCH3 is 1. The van der Waals surface area contributed by atoms with Gasteiger partial charge in [-0.3, -0.25) is 19.1 Å². The average molecular weight is 852 g/mol. The molecule has 0 bridgehead atoms. The van der Waals surface area contributed by atoms with Gasteiger partial charge in [0.15, 0.2) is 0 Å². The third-order valence-electron chi connectivity index (χ3n) is 12.6. The average Bonchev–Trinajstić information content (AvgIpc) is 4.09. The number of aryl methyl sites for hydroxylation is 2. The lowest BCUT2D eigenvalue weighted by Gasteiger charge is -2.36. The lowest BCUT2D eigenvalue weighted by Crippen LogP contribution is -2.58. The van der Waals surface area contributed by atoms with Crippen molar-refractivity contribution in [3.8, 4) is 11.5 Å². The van der Waals surface area contributed by atoms with Crippen molar-refractivity contribution >= 4 is 44.7 Å².